The van der Waals surface area contributed by atoms with E-state index in [9.17, 15) is 4.79 Å². The van der Waals surface area contributed by atoms with E-state index in [1.165, 1.54) is 0 Å². The van der Waals surface area contributed by atoms with Crippen LogP contribution in [0.5, 0.6) is 0 Å². The molecule has 29 heavy (non-hydrogen) atoms. The maximum Gasteiger partial charge on any atom is 0.252 e. The Kier molecular flexibility index (Phi) is 5.38. The summed E-state index contributed by atoms with van der Waals surface area (Å²) in [7, 11) is 0. The van der Waals surface area contributed by atoms with Gasteiger partial charge in [-0.05, 0) is 49.2 Å². The van der Waals surface area contributed by atoms with Crippen LogP contribution in [-0.4, -0.2) is 20.7 Å². The fourth-order valence-electron chi connectivity index (χ4n) is 3.59. The lowest BCUT2D eigenvalue weighted by Crippen LogP contribution is -2.27. The Morgan fingerprint density at radius 2 is 1.90 bits per heavy atom. The van der Waals surface area contributed by atoms with E-state index in [0.717, 1.165) is 40.7 Å². The Balaban J connectivity index is 1.62. The van der Waals surface area contributed by atoms with Crippen molar-refractivity contribution in [3.63, 3.8) is 0 Å². The fourth-order valence-corrected chi connectivity index (χ4v) is 3.59. The minimum absolute atomic E-state index is 0.0606. The molecule has 0 saturated carbocycles. The van der Waals surface area contributed by atoms with Gasteiger partial charge in [0.15, 0.2) is 0 Å². The highest BCUT2D eigenvalue weighted by Crippen LogP contribution is 2.25. The molecule has 146 valence electrons. The number of pyridine rings is 1. The van der Waals surface area contributed by atoms with Crippen LogP contribution >= 0.6 is 0 Å². The van der Waals surface area contributed by atoms with E-state index in [1.807, 2.05) is 73.3 Å². The Bertz CT molecular complexity index is 1130. The molecule has 0 radical (unpaired) electrons. The van der Waals surface area contributed by atoms with E-state index in [2.05, 4.69) is 22.5 Å². The molecule has 1 amide bonds. The third-order valence-electron chi connectivity index (χ3n) is 5.16. The first kappa shape index (κ1) is 18.9. The Hall–Kier alpha value is -3.47. The number of benzene rings is 2. The predicted octanol–water partition coefficient (Wildman–Crippen LogP) is 4.47. The molecular formula is C24H24N4O. The summed E-state index contributed by atoms with van der Waals surface area (Å²) in [6.45, 7) is 4.74. The zero-order valence-corrected chi connectivity index (χ0v) is 16.7. The van der Waals surface area contributed by atoms with Gasteiger partial charge in [-0.3, -0.25) is 14.5 Å². The first-order valence-corrected chi connectivity index (χ1v) is 9.84. The fraction of sp³-hybridized carbons (Fsp3) is 0.208. The number of nitrogens with zero attached hydrogens (tertiary/aromatic N) is 3. The summed E-state index contributed by atoms with van der Waals surface area (Å²) in [4.78, 5) is 17.6. The number of hydrogen-bond donors (Lipinski definition) is 1. The van der Waals surface area contributed by atoms with Crippen LogP contribution in [-0.2, 0) is 13.0 Å². The average molecular weight is 384 g/mol. The van der Waals surface area contributed by atoms with E-state index in [1.54, 1.807) is 6.20 Å². The van der Waals surface area contributed by atoms with Crippen LogP contribution in [0, 0.1) is 6.92 Å². The van der Waals surface area contributed by atoms with E-state index in [4.69, 9.17) is 4.98 Å². The lowest BCUT2D eigenvalue weighted by Gasteiger charge is -2.18. The molecule has 2 aromatic heterocycles. The van der Waals surface area contributed by atoms with Crippen molar-refractivity contribution < 1.29 is 4.79 Å². The zero-order valence-electron chi connectivity index (χ0n) is 16.7. The predicted molar refractivity (Wildman–Crippen MR) is 115 cm³/mol. The van der Waals surface area contributed by atoms with E-state index >= 15 is 0 Å². The maximum atomic E-state index is 12.8. The number of hydrogen-bond acceptors (Lipinski definition) is 3. The van der Waals surface area contributed by atoms with Gasteiger partial charge in [-0.2, -0.15) is 5.10 Å². The minimum Gasteiger partial charge on any atom is -0.345 e. The Morgan fingerprint density at radius 1 is 1.10 bits per heavy atom. The number of rotatable bonds is 6. The van der Waals surface area contributed by atoms with Gasteiger partial charge in [-0.25, -0.2) is 0 Å². The lowest BCUT2D eigenvalue weighted by molar-refractivity contribution is 0.0939. The SMILES string of the molecule is Cc1ccccc1C(=O)N[C@H](C)c1cc(CCn2cccn2)nc2ccccc12. The van der Waals surface area contributed by atoms with Crippen LogP contribution in [0.15, 0.2) is 73.1 Å². The summed E-state index contributed by atoms with van der Waals surface area (Å²) in [5.41, 5.74) is 4.69. The summed E-state index contributed by atoms with van der Waals surface area (Å²) in [5.74, 6) is -0.0606. The normalized spacial score (nSPS) is 12.1. The first-order valence-electron chi connectivity index (χ1n) is 9.84. The van der Waals surface area contributed by atoms with Crippen molar-refractivity contribution in [3.8, 4) is 0 Å². The molecule has 0 unspecified atom stereocenters. The maximum absolute atomic E-state index is 12.8. The van der Waals surface area contributed by atoms with E-state index in [-0.39, 0.29) is 11.9 Å². The number of aromatic nitrogens is 3. The van der Waals surface area contributed by atoms with Crippen molar-refractivity contribution in [1.82, 2.24) is 20.1 Å². The third kappa shape index (κ3) is 4.19. The van der Waals surface area contributed by atoms with Gasteiger partial charge in [-0.15, -0.1) is 0 Å². The second kappa shape index (κ2) is 8.27. The van der Waals surface area contributed by atoms with Crippen LogP contribution in [0.4, 0.5) is 0 Å². The van der Waals surface area contributed by atoms with Gasteiger partial charge in [0.2, 0.25) is 0 Å². The topological polar surface area (TPSA) is 59.8 Å². The Labute approximate surface area is 170 Å². The molecule has 0 aliphatic rings. The molecule has 2 aromatic carbocycles. The number of carbonyl (C=O) groups is 1. The summed E-state index contributed by atoms with van der Waals surface area (Å²) in [6.07, 6.45) is 4.51. The Morgan fingerprint density at radius 3 is 2.69 bits per heavy atom. The monoisotopic (exact) mass is 384 g/mol. The van der Waals surface area contributed by atoms with Crippen LogP contribution in [0.1, 0.15) is 40.1 Å². The highest BCUT2D eigenvalue weighted by Gasteiger charge is 2.16. The second-order valence-electron chi connectivity index (χ2n) is 7.25. The van der Waals surface area contributed by atoms with Crippen LogP contribution < -0.4 is 5.32 Å². The summed E-state index contributed by atoms with van der Waals surface area (Å²) < 4.78 is 1.90. The number of carbonyl (C=O) groups excluding carboxylic acids is 1. The van der Waals surface area contributed by atoms with Crippen molar-refractivity contribution >= 4 is 16.8 Å². The lowest BCUT2D eigenvalue weighted by atomic mass is 10.00. The highest BCUT2D eigenvalue weighted by molar-refractivity contribution is 5.96. The smallest absolute Gasteiger partial charge is 0.252 e. The molecule has 1 atom stereocenters. The second-order valence-corrected chi connectivity index (χ2v) is 7.25. The molecule has 0 aliphatic carbocycles. The molecule has 0 aliphatic heterocycles. The van der Waals surface area contributed by atoms with Gasteiger partial charge >= 0.3 is 0 Å². The largest absolute Gasteiger partial charge is 0.345 e. The molecule has 5 nitrogen and oxygen atoms in total. The zero-order chi connectivity index (χ0) is 20.2. The number of aryl methyl sites for hydroxylation is 3. The quantitative estimate of drug-likeness (QED) is 0.533. The van der Waals surface area contributed by atoms with Crippen molar-refractivity contribution in [2.24, 2.45) is 0 Å². The van der Waals surface area contributed by atoms with E-state index < -0.39 is 0 Å². The van der Waals surface area contributed by atoms with Crippen molar-refractivity contribution in [2.45, 2.75) is 32.9 Å². The van der Waals surface area contributed by atoms with Crippen LogP contribution in [0.2, 0.25) is 0 Å². The molecule has 2 heterocycles. The molecule has 4 aromatic rings. The number of fused-ring (bicyclic) bond motifs is 1. The van der Waals surface area contributed by atoms with Gasteiger partial charge in [0.05, 0.1) is 11.6 Å². The van der Waals surface area contributed by atoms with Crippen molar-refractivity contribution in [3.05, 3.63) is 95.4 Å². The molecule has 0 spiro atoms. The van der Waals surface area contributed by atoms with Gasteiger partial charge in [-0.1, -0.05) is 36.4 Å². The number of para-hydroxylation sites is 1. The molecular weight excluding hydrogens is 360 g/mol. The number of amides is 1. The molecule has 0 bridgehead atoms. The number of nitrogens with one attached hydrogen (secondary N) is 1. The van der Waals surface area contributed by atoms with Crippen molar-refractivity contribution in [2.75, 3.05) is 0 Å². The highest BCUT2D eigenvalue weighted by atomic mass is 16.1. The molecule has 0 fully saturated rings. The van der Waals surface area contributed by atoms with E-state index in [0.29, 0.717) is 5.56 Å². The summed E-state index contributed by atoms with van der Waals surface area (Å²) in [5, 5.41) is 8.49. The third-order valence-corrected chi connectivity index (χ3v) is 5.16. The van der Waals surface area contributed by atoms with Gasteiger partial charge in [0.1, 0.15) is 0 Å². The van der Waals surface area contributed by atoms with Crippen molar-refractivity contribution in [1.29, 1.82) is 0 Å². The minimum atomic E-state index is -0.140. The first-order chi connectivity index (χ1) is 14.1. The molecule has 0 saturated heterocycles. The van der Waals surface area contributed by atoms with Crippen LogP contribution in [0.25, 0.3) is 10.9 Å². The molecule has 1 N–H and O–H groups in total. The van der Waals surface area contributed by atoms with Crippen LogP contribution in [0.3, 0.4) is 0 Å². The standard InChI is InChI=1S/C24H24N4O/c1-17-8-3-4-9-20(17)24(29)26-18(2)22-16-19(12-15-28-14-7-13-25-28)27-23-11-6-5-10-21(22)23/h3-11,13-14,16,18H,12,15H2,1-2H3,(H,26,29)/t18-/m1/s1. The molecule has 4 rings (SSSR count). The molecule has 5 heteroatoms. The summed E-state index contributed by atoms with van der Waals surface area (Å²) >= 11 is 0. The average Bonchev–Trinajstić information content (AvgIpc) is 3.25. The van der Waals surface area contributed by atoms with Gasteiger partial charge in [0, 0.05) is 42.0 Å². The van der Waals surface area contributed by atoms with Gasteiger partial charge < -0.3 is 5.32 Å². The summed E-state index contributed by atoms with van der Waals surface area (Å²) in [6, 6.07) is 19.6. The van der Waals surface area contributed by atoms with Gasteiger partial charge in [0.25, 0.3) is 5.91 Å².